The monoisotopic (exact) mass is 210 g/mol. The summed E-state index contributed by atoms with van der Waals surface area (Å²) in [5.74, 6) is 2.05. The summed E-state index contributed by atoms with van der Waals surface area (Å²) in [6, 6.07) is 4.20. The standard InChI is InChI=1S/C11H18N2S/c1-4-12-11-7-10(5-6-13-11)8-14-9(2)3/h5-7,9H,4,8H2,1-3H3,(H,12,13). The molecule has 0 aliphatic heterocycles. The lowest BCUT2D eigenvalue weighted by Crippen LogP contribution is -1.99. The third kappa shape index (κ3) is 4.01. The Morgan fingerprint density at radius 1 is 1.50 bits per heavy atom. The SMILES string of the molecule is CCNc1cc(CSC(C)C)ccn1. The molecule has 0 bridgehead atoms. The van der Waals surface area contributed by atoms with E-state index in [0.29, 0.717) is 5.25 Å². The summed E-state index contributed by atoms with van der Waals surface area (Å²) in [7, 11) is 0. The molecule has 14 heavy (non-hydrogen) atoms. The first kappa shape index (κ1) is 11.4. The normalized spacial score (nSPS) is 10.6. The molecule has 2 nitrogen and oxygen atoms in total. The molecule has 0 saturated carbocycles. The molecular formula is C11H18N2S. The summed E-state index contributed by atoms with van der Waals surface area (Å²) in [5.41, 5.74) is 1.34. The van der Waals surface area contributed by atoms with Crippen LogP contribution in [0.5, 0.6) is 0 Å². The Labute approximate surface area is 90.5 Å². The van der Waals surface area contributed by atoms with E-state index in [1.54, 1.807) is 0 Å². The van der Waals surface area contributed by atoms with Gasteiger partial charge in [0.25, 0.3) is 0 Å². The summed E-state index contributed by atoms with van der Waals surface area (Å²) in [5, 5.41) is 3.90. The molecule has 1 aromatic rings. The van der Waals surface area contributed by atoms with Gasteiger partial charge < -0.3 is 5.32 Å². The molecule has 1 N–H and O–H groups in total. The van der Waals surface area contributed by atoms with Gasteiger partial charge in [0.1, 0.15) is 5.82 Å². The van der Waals surface area contributed by atoms with Crippen molar-refractivity contribution < 1.29 is 0 Å². The van der Waals surface area contributed by atoms with Crippen LogP contribution < -0.4 is 5.32 Å². The van der Waals surface area contributed by atoms with Gasteiger partial charge in [-0.3, -0.25) is 0 Å². The largest absolute Gasteiger partial charge is 0.370 e. The second kappa shape index (κ2) is 5.91. The first-order valence-electron chi connectivity index (χ1n) is 5.02. The maximum absolute atomic E-state index is 4.24. The maximum Gasteiger partial charge on any atom is 0.126 e. The lowest BCUT2D eigenvalue weighted by atomic mass is 10.3. The number of thioether (sulfide) groups is 1. The first-order chi connectivity index (χ1) is 6.72. The summed E-state index contributed by atoms with van der Waals surface area (Å²) < 4.78 is 0. The average molecular weight is 210 g/mol. The van der Waals surface area contributed by atoms with Crippen molar-refractivity contribution in [2.45, 2.75) is 31.8 Å². The average Bonchev–Trinajstić information content (AvgIpc) is 2.16. The smallest absolute Gasteiger partial charge is 0.126 e. The molecule has 1 heterocycles. The maximum atomic E-state index is 4.24. The Morgan fingerprint density at radius 2 is 2.29 bits per heavy atom. The minimum atomic E-state index is 0.686. The van der Waals surface area contributed by atoms with Crippen molar-refractivity contribution >= 4 is 17.6 Å². The number of nitrogens with one attached hydrogen (secondary N) is 1. The second-order valence-electron chi connectivity index (χ2n) is 3.44. The summed E-state index contributed by atoms with van der Waals surface area (Å²) in [6.07, 6.45) is 1.87. The highest BCUT2D eigenvalue weighted by atomic mass is 32.2. The molecule has 1 rings (SSSR count). The zero-order chi connectivity index (χ0) is 10.4. The van der Waals surface area contributed by atoms with E-state index >= 15 is 0 Å². The van der Waals surface area contributed by atoms with Crippen molar-refractivity contribution in [3.63, 3.8) is 0 Å². The molecule has 0 aromatic carbocycles. The lowest BCUT2D eigenvalue weighted by molar-refractivity contribution is 1.10. The molecule has 0 saturated heterocycles. The van der Waals surface area contributed by atoms with E-state index in [9.17, 15) is 0 Å². The van der Waals surface area contributed by atoms with E-state index in [4.69, 9.17) is 0 Å². The number of hydrogen-bond acceptors (Lipinski definition) is 3. The van der Waals surface area contributed by atoms with Gasteiger partial charge in [-0.1, -0.05) is 13.8 Å². The molecule has 0 aliphatic rings. The molecule has 0 unspecified atom stereocenters. The molecule has 0 atom stereocenters. The van der Waals surface area contributed by atoms with Gasteiger partial charge in [0.2, 0.25) is 0 Å². The molecule has 0 aliphatic carbocycles. The Balaban J connectivity index is 2.54. The van der Waals surface area contributed by atoms with Gasteiger partial charge in [0.05, 0.1) is 0 Å². The number of nitrogens with zero attached hydrogens (tertiary/aromatic N) is 1. The first-order valence-corrected chi connectivity index (χ1v) is 6.07. The fourth-order valence-electron chi connectivity index (χ4n) is 1.10. The zero-order valence-corrected chi connectivity index (χ0v) is 9.90. The van der Waals surface area contributed by atoms with E-state index in [1.165, 1.54) is 5.56 Å². The van der Waals surface area contributed by atoms with Crippen LogP contribution in [0.2, 0.25) is 0 Å². The van der Waals surface area contributed by atoms with Crippen molar-refractivity contribution in [1.82, 2.24) is 4.98 Å². The van der Waals surface area contributed by atoms with Gasteiger partial charge in [-0.2, -0.15) is 11.8 Å². The number of aromatic nitrogens is 1. The lowest BCUT2D eigenvalue weighted by Gasteiger charge is -2.06. The van der Waals surface area contributed by atoms with E-state index < -0.39 is 0 Å². The van der Waals surface area contributed by atoms with Crippen LogP contribution >= 0.6 is 11.8 Å². The minimum Gasteiger partial charge on any atom is -0.370 e. The number of pyridine rings is 1. The zero-order valence-electron chi connectivity index (χ0n) is 9.08. The second-order valence-corrected chi connectivity index (χ2v) is 5.00. The fraction of sp³-hybridized carbons (Fsp3) is 0.545. The van der Waals surface area contributed by atoms with Crippen LogP contribution in [0.15, 0.2) is 18.3 Å². The highest BCUT2D eigenvalue weighted by Crippen LogP contribution is 2.18. The molecule has 0 radical (unpaired) electrons. The van der Waals surface area contributed by atoms with Crippen molar-refractivity contribution in [1.29, 1.82) is 0 Å². The predicted octanol–water partition coefficient (Wildman–Crippen LogP) is 3.16. The van der Waals surface area contributed by atoms with Gasteiger partial charge in [-0.15, -0.1) is 0 Å². The highest BCUT2D eigenvalue weighted by Gasteiger charge is 1.98. The molecule has 1 aromatic heterocycles. The molecule has 3 heteroatoms. The quantitative estimate of drug-likeness (QED) is 0.808. The summed E-state index contributed by atoms with van der Waals surface area (Å²) in [6.45, 7) is 7.44. The molecule has 78 valence electrons. The van der Waals surface area contributed by atoms with Crippen LogP contribution in [0, 0.1) is 0 Å². The Bertz CT molecular complexity index is 274. The van der Waals surface area contributed by atoms with E-state index in [0.717, 1.165) is 18.1 Å². The third-order valence-electron chi connectivity index (χ3n) is 1.77. The Hall–Kier alpha value is -0.700. The number of hydrogen-bond donors (Lipinski definition) is 1. The Kier molecular flexibility index (Phi) is 4.80. The van der Waals surface area contributed by atoms with Crippen LogP contribution in [0.25, 0.3) is 0 Å². The number of anilines is 1. The van der Waals surface area contributed by atoms with Crippen LogP contribution in [0.4, 0.5) is 5.82 Å². The van der Waals surface area contributed by atoms with Crippen LogP contribution in [0.1, 0.15) is 26.3 Å². The number of rotatable bonds is 5. The molecular weight excluding hydrogens is 192 g/mol. The molecule has 0 spiro atoms. The fourth-order valence-corrected chi connectivity index (χ4v) is 1.81. The van der Waals surface area contributed by atoms with Crippen molar-refractivity contribution in [3.8, 4) is 0 Å². The van der Waals surface area contributed by atoms with Crippen LogP contribution in [-0.4, -0.2) is 16.8 Å². The Morgan fingerprint density at radius 3 is 2.93 bits per heavy atom. The minimum absolute atomic E-state index is 0.686. The highest BCUT2D eigenvalue weighted by molar-refractivity contribution is 7.99. The van der Waals surface area contributed by atoms with Gasteiger partial charge in [0, 0.05) is 18.5 Å². The topological polar surface area (TPSA) is 24.9 Å². The molecule has 0 fully saturated rings. The van der Waals surface area contributed by atoms with Crippen LogP contribution in [-0.2, 0) is 5.75 Å². The third-order valence-corrected chi connectivity index (χ3v) is 2.93. The van der Waals surface area contributed by atoms with E-state index in [2.05, 4.69) is 43.2 Å². The van der Waals surface area contributed by atoms with Gasteiger partial charge >= 0.3 is 0 Å². The van der Waals surface area contributed by atoms with Crippen LogP contribution in [0.3, 0.4) is 0 Å². The summed E-state index contributed by atoms with van der Waals surface area (Å²) >= 11 is 1.96. The molecule has 0 amide bonds. The van der Waals surface area contributed by atoms with E-state index in [-0.39, 0.29) is 0 Å². The van der Waals surface area contributed by atoms with E-state index in [1.807, 2.05) is 18.0 Å². The van der Waals surface area contributed by atoms with Crippen molar-refractivity contribution in [2.24, 2.45) is 0 Å². The summed E-state index contributed by atoms with van der Waals surface area (Å²) in [4.78, 5) is 4.24. The predicted molar refractivity (Wildman–Crippen MR) is 64.8 cm³/mol. The van der Waals surface area contributed by atoms with Gasteiger partial charge in [-0.25, -0.2) is 4.98 Å². The van der Waals surface area contributed by atoms with Gasteiger partial charge in [0.15, 0.2) is 0 Å². The van der Waals surface area contributed by atoms with Crippen molar-refractivity contribution in [3.05, 3.63) is 23.9 Å². The van der Waals surface area contributed by atoms with Crippen molar-refractivity contribution in [2.75, 3.05) is 11.9 Å². The van der Waals surface area contributed by atoms with Gasteiger partial charge in [-0.05, 0) is 29.9 Å².